The highest BCUT2D eigenvalue weighted by Gasteiger charge is 2.16. The van der Waals surface area contributed by atoms with Crippen LogP contribution in [0.2, 0.25) is 0 Å². The van der Waals surface area contributed by atoms with Crippen LogP contribution in [0.25, 0.3) is 0 Å². The number of hydrogen-bond donors (Lipinski definition) is 0. The van der Waals surface area contributed by atoms with Crippen molar-refractivity contribution in [1.29, 1.82) is 0 Å². The van der Waals surface area contributed by atoms with Crippen molar-refractivity contribution in [2.75, 3.05) is 13.7 Å². The standard InChI is InChI=1S/C17H18O4/c1-3-11-20-16-12-14(19-2)9-10-15(16)17(18)21-13-7-5-4-6-8-13/h4-10,12H,3,11H2,1-2H3. The molecule has 0 atom stereocenters. The quantitative estimate of drug-likeness (QED) is 0.600. The van der Waals surface area contributed by atoms with Gasteiger partial charge < -0.3 is 14.2 Å². The number of carbonyl (C=O) groups is 1. The molecule has 0 saturated heterocycles. The van der Waals surface area contributed by atoms with E-state index in [0.717, 1.165) is 6.42 Å². The fourth-order valence-corrected chi connectivity index (χ4v) is 1.78. The fourth-order valence-electron chi connectivity index (χ4n) is 1.78. The molecule has 0 aliphatic rings. The molecule has 0 radical (unpaired) electrons. The van der Waals surface area contributed by atoms with E-state index in [1.165, 1.54) is 0 Å². The highest BCUT2D eigenvalue weighted by molar-refractivity contribution is 5.94. The Morgan fingerprint density at radius 1 is 1.05 bits per heavy atom. The zero-order valence-electron chi connectivity index (χ0n) is 12.2. The van der Waals surface area contributed by atoms with Gasteiger partial charge in [-0.2, -0.15) is 0 Å². The van der Waals surface area contributed by atoms with E-state index in [9.17, 15) is 4.79 Å². The third kappa shape index (κ3) is 3.99. The molecule has 21 heavy (non-hydrogen) atoms. The number of methoxy groups -OCH3 is 1. The number of esters is 1. The first-order chi connectivity index (χ1) is 10.2. The second kappa shape index (κ2) is 7.33. The van der Waals surface area contributed by atoms with Crippen LogP contribution in [-0.2, 0) is 0 Å². The largest absolute Gasteiger partial charge is 0.497 e. The molecule has 0 amide bonds. The Hall–Kier alpha value is -2.49. The molecule has 4 nitrogen and oxygen atoms in total. The maximum absolute atomic E-state index is 12.3. The lowest BCUT2D eigenvalue weighted by atomic mass is 10.2. The van der Waals surface area contributed by atoms with Crippen LogP contribution in [0, 0.1) is 0 Å². The molecular formula is C17H18O4. The first kappa shape index (κ1) is 14.9. The summed E-state index contributed by atoms with van der Waals surface area (Å²) in [5.74, 6) is 1.16. The molecule has 0 aliphatic carbocycles. The Balaban J connectivity index is 2.22. The number of rotatable bonds is 6. The van der Waals surface area contributed by atoms with E-state index >= 15 is 0 Å². The molecule has 2 aromatic rings. The van der Waals surface area contributed by atoms with Gasteiger partial charge in [0.25, 0.3) is 0 Å². The van der Waals surface area contributed by atoms with Crippen molar-refractivity contribution in [3.05, 3.63) is 54.1 Å². The van der Waals surface area contributed by atoms with Gasteiger partial charge in [0, 0.05) is 6.07 Å². The highest BCUT2D eigenvalue weighted by Crippen LogP contribution is 2.26. The molecule has 2 aromatic carbocycles. The van der Waals surface area contributed by atoms with E-state index in [2.05, 4.69) is 0 Å². The fraction of sp³-hybridized carbons (Fsp3) is 0.235. The number of hydrogen-bond acceptors (Lipinski definition) is 4. The minimum absolute atomic E-state index is 0.383. The van der Waals surface area contributed by atoms with Crippen molar-refractivity contribution in [1.82, 2.24) is 0 Å². The zero-order chi connectivity index (χ0) is 15.1. The monoisotopic (exact) mass is 286 g/mol. The summed E-state index contributed by atoms with van der Waals surface area (Å²) in [5.41, 5.74) is 0.383. The summed E-state index contributed by atoms with van der Waals surface area (Å²) in [6.45, 7) is 2.53. The Kier molecular flexibility index (Phi) is 5.21. The number of carbonyl (C=O) groups excluding carboxylic acids is 1. The van der Waals surface area contributed by atoms with Crippen molar-refractivity contribution in [3.8, 4) is 17.2 Å². The minimum atomic E-state index is -0.449. The van der Waals surface area contributed by atoms with Crippen LogP contribution >= 0.6 is 0 Å². The van der Waals surface area contributed by atoms with Gasteiger partial charge in [-0.3, -0.25) is 0 Å². The minimum Gasteiger partial charge on any atom is -0.497 e. The summed E-state index contributed by atoms with van der Waals surface area (Å²) in [5, 5.41) is 0. The van der Waals surface area contributed by atoms with Crippen LogP contribution < -0.4 is 14.2 Å². The van der Waals surface area contributed by atoms with E-state index in [0.29, 0.717) is 29.4 Å². The van der Waals surface area contributed by atoms with Crippen molar-refractivity contribution in [2.45, 2.75) is 13.3 Å². The van der Waals surface area contributed by atoms with Gasteiger partial charge in [0.1, 0.15) is 22.8 Å². The molecule has 0 N–H and O–H groups in total. The third-order valence-electron chi connectivity index (χ3n) is 2.82. The van der Waals surface area contributed by atoms with Crippen molar-refractivity contribution < 1.29 is 19.0 Å². The van der Waals surface area contributed by atoms with Crippen molar-refractivity contribution in [3.63, 3.8) is 0 Å². The third-order valence-corrected chi connectivity index (χ3v) is 2.82. The van der Waals surface area contributed by atoms with Gasteiger partial charge in [0.05, 0.1) is 13.7 Å². The normalized spacial score (nSPS) is 10.0. The summed E-state index contributed by atoms with van der Waals surface area (Å²) in [6.07, 6.45) is 0.852. The molecule has 0 saturated carbocycles. The van der Waals surface area contributed by atoms with Gasteiger partial charge in [0.15, 0.2) is 0 Å². The summed E-state index contributed by atoms with van der Waals surface area (Å²) < 4.78 is 16.1. The Morgan fingerprint density at radius 2 is 1.81 bits per heavy atom. The smallest absolute Gasteiger partial charge is 0.347 e. The van der Waals surface area contributed by atoms with Gasteiger partial charge in [-0.1, -0.05) is 25.1 Å². The van der Waals surface area contributed by atoms with E-state index in [1.807, 2.05) is 25.1 Å². The molecule has 4 heteroatoms. The van der Waals surface area contributed by atoms with Gasteiger partial charge in [-0.25, -0.2) is 4.79 Å². The molecule has 2 rings (SSSR count). The molecule has 110 valence electrons. The summed E-state index contributed by atoms with van der Waals surface area (Å²) >= 11 is 0. The lowest BCUT2D eigenvalue weighted by molar-refractivity contribution is 0.0730. The lowest BCUT2D eigenvalue weighted by Gasteiger charge is -2.12. The molecule has 0 unspecified atom stereocenters. The Labute approximate surface area is 124 Å². The van der Waals surface area contributed by atoms with Crippen LogP contribution in [0.3, 0.4) is 0 Å². The molecule has 0 aromatic heterocycles. The second-order valence-corrected chi connectivity index (χ2v) is 4.41. The maximum atomic E-state index is 12.3. The van der Waals surface area contributed by atoms with E-state index in [4.69, 9.17) is 14.2 Å². The first-order valence-corrected chi connectivity index (χ1v) is 6.82. The molecule has 0 aliphatic heterocycles. The van der Waals surface area contributed by atoms with Crippen LogP contribution in [0.4, 0.5) is 0 Å². The predicted molar refractivity (Wildman–Crippen MR) is 80.2 cm³/mol. The summed E-state index contributed by atoms with van der Waals surface area (Å²) in [4.78, 5) is 12.3. The molecule has 0 spiro atoms. The van der Waals surface area contributed by atoms with E-state index in [1.54, 1.807) is 37.4 Å². The van der Waals surface area contributed by atoms with E-state index < -0.39 is 5.97 Å². The van der Waals surface area contributed by atoms with Crippen LogP contribution in [0.15, 0.2) is 48.5 Å². The zero-order valence-corrected chi connectivity index (χ0v) is 12.2. The average molecular weight is 286 g/mol. The molecule has 0 bridgehead atoms. The van der Waals surface area contributed by atoms with Gasteiger partial charge in [-0.05, 0) is 30.7 Å². The molecule has 0 heterocycles. The average Bonchev–Trinajstić information content (AvgIpc) is 2.53. The molecule has 0 fully saturated rings. The van der Waals surface area contributed by atoms with Crippen molar-refractivity contribution >= 4 is 5.97 Å². The van der Waals surface area contributed by atoms with Gasteiger partial charge >= 0.3 is 5.97 Å². The van der Waals surface area contributed by atoms with Crippen molar-refractivity contribution in [2.24, 2.45) is 0 Å². The van der Waals surface area contributed by atoms with E-state index in [-0.39, 0.29) is 0 Å². The number of benzene rings is 2. The van der Waals surface area contributed by atoms with Gasteiger partial charge in [0.2, 0.25) is 0 Å². The predicted octanol–water partition coefficient (Wildman–Crippen LogP) is 3.70. The topological polar surface area (TPSA) is 44.8 Å². The first-order valence-electron chi connectivity index (χ1n) is 6.82. The Bertz CT molecular complexity index is 593. The Morgan fingerprint density at radius 3 is 2.48 bits per heavy atom. The molecular weight excluding hydrogens is 268 g/mol. The SMILES string of the molecule is CCCOc1cc(OC)ccc1C(=O)Oc1ccccc1. The highest BCUT2D eigenvalue weighted by atomic mass is 16.5. The number of para-hydroxylation sites is 1. The maximum Gasteiger partial charge on any atom is 0.347 e. The van der Waals surface area contributed by atoms with Crippen LogP contribution in [0.1, 0.15) is 23.7 Å². The summed E-state index contributed by atoms with van der Waals surface area (Å²) in [7, 11) is 1.57. The lowest BCUT2D eigenvalue weighted by Crippen LogP contribution is -2.11. The van der Waals surface area contributed by atoms with Gasteiger partial charge in [-0.15, -0.1) is 0 Å². The van der Waals surface area contributed by atoms with Crippen LogP contribution in [0.5, 0.6) is 17.2 Å². The second-order valence-electron chi connectivity index (χ2n) is 4.41. The number of ether oxygens (including phenoxy) is 3. The summed E-state index contributed by atoms with van der Waals surface area (Å²) in [6, 6.07) is 14.0. The van der Waals surface area contributed by atoms with Crippen LogP contribution in [-0.4, -0.2) is 19.7 Å².